The Labute approximate surface area is 81.3 Å². The molecule has 0 aromatic carbocycles. The quantitative estimate of drug-likeness (QED) is 0.475. The monoisotopic (exact) mass is 181 g/mol. The third-order valence-electron chi connectivity index (χ3n) is 2.53. The molecule has 0 aliphatic rings. The molecule has 0 amide bonds. The van der Waals surface area contributed by atoms with E-state index in [1.807, 2.05) is 32.8 Å². The standard InChI is InChI=1S/C11H19NO/c1-6-7-8-9-10(13)11(2,3)12(4)5/h1H,7-9H2,2-5H3. The zero-order valence-corrected chi connectivity index (χ0v) is 9.05. The first-order chi connectivity index (χ1) is 5.92. The lowest BCUT2D eigenvalue weighted by Gasteiger charge is -2.30. The summed E-state index contributed by atoms with van der Waals surface area (Å²) in [5.41, 5.74) is -0.366. The van der Waals surface area contributed by atoms with Crippen LogP contribution in [0.25, 0.3) is 0 Å². The van der Waals surface area contributed by atoms with Gasteiger partial charge in [0.25, 0.3) is 0 Å². The number of terminal acetylenes is 1. The number of rotatable bonds is 5. The Balaban J connectivity index is 4.04. The Kier molecular flexibility index (Phi) is 4.72. The van der Waals surface area contributed by atoms with Gasteiger partial charge in [0.2, 0.25) is 0 Å². The van der Waals surface area contributed by atoms with Crippen molar-refractivity contribution in [3.05, 3.63) is 0 Å². The first-order valence-electron chi connectivity index (χ1n) is 4.57. The highest BCUT2D eigenvalue weighted by Gasteiger charge is 2.28. The van der Waals surface area contributed by atoms with Gasteiger partial charge in [-0.2, -0.15) is 0 Å². The first-order valence-corrected chi connectivity index (χ1v) is 4.57. The van der Waals surface area contributed by atoms with Gasteiger partial charge in [0.1, 0.15) is 0 Å². The van der Waals surface area contributed by atoms with Gasteiger partial charge in [0, 0.05) is 12.8 Å². The average Bonchev–Trinajstić information content (AvgIpc) is 2.04. The van der Waals surface area contributed by atoms with Gasteiger partial charge in [0.05, 0.1) is 5.54 Å². The molecule has 0 rings (SSSR count). The van der Waals surface area contributed by atoms with E-state index < -0.39 is 0 Å². The predicted octanol–water partition coefficient (Wildman–Crippen LogP) is 1.70. The first kappa shape index (κ1) is 12.2. The minimum atomic E-state index is -0.366. The van der Waals surface area contributed by atoms with Crippen LogP contribution in [0.2, 0.25) is 0 Å². The van der Waals surface area contributed by atoms with Gasteiger partial charge < -0.3 is 0 Å². The Morgan fingerprint density at radius 2 is 2.00 bits per heavy atom. The average molecular weight is 181 g/mol. The summed E-state index contributed by atoms with van der Waals surface area (Å²) in [5.74, 6) is 2.80. The molecule has 0 heterocycles. The number of carbonyl (C=O) groups excluding carboxylic acids is 1. The van der Waals surface area contributed by atoms with Gasteiger partial charge >= 0.3 is 0 Å². The van der Waals surface area contributed by atoms with Crippen LogP contribution in [0.3, 0.4) is 0 Å². The van der Waals surface area contributed by atoms with E-state index >= 15 is 0 Å². The SMILES string of the molecule is C#CCCCC(=O)C(C)(C)N(C)C. The Morgan fingerprint density at radius 3 is 2.38 bits per heavy atom. The molecule has 2 nitrogen and oxygen atoms in total. The number of nitrogens with zero attached hydrogens (tertiary/aromatic N) is 1. The van der Waals surface area contributed by atoms with E-state index in [4.69, 9.17) is 6.42 Å². The molecule has 2 heteroatoms. The maximum absolute atomic E-state index is 11.7. The van der Waals surface area contributed by atoms with Gasteiger partial charge in [-0.15, -0.1) is 12.3 Å². The molecule has 74 valence electrons. The number of carbonyl (C=O) groups is 1. The minimum absolute atomic E-state index is 0.257. The lowest BCUT2D eigenvalue weighted by Crippen LogP contribution is -2.45. The van der Waals surface area contributed by atoms with Gasteiger partial charge in [0.15, 0.2) is 5.78 Å². The van der Waals surface area contributed by atoms with Crippen molar-refractivity contribution >= 4 is 5.78 Å². The fourth-order valence-electron chi connectivity index (χ4n) is 0.906. The minimum Gasteiger partial charge on any atom is -0.298 e. The fraction of sp³-hybridized carbons (Fsp3) is 0.727. The van der Waals surface area contributed by atoms with Crippen molar-refractivity contribution in [2.45, 2.75) is 38.6 Å². The van der Waals surface area contributed by atoms with Gasteiger partial charge in [-0.25, -0.2) is 0 Å². The molecule has 0 atom stereocenters. The highest BCUT2D eigenvalue weighted by Crippen LogP contribution is 2.15. The van der Waals surface area contributed by atoms with E-state index in [9.17, 15) is 4.79 Å². The van der Waals surface area contributed by atoms with Crippen molar-refractivity contribution in [3.63, 3.8) is 0 Å². The van der Waals surface area contributed by atoms with Crippen LogP contribution in [-0.2, 0) is 4.79 Å². The summed E-state index contributed by atoms with van der Waals surface area (Å²) in [7, 11) is 3.83. The molecule has 0 N–H and O–H groups in total. The molecule has 0 saturated carbocycles. The second kappa shape index (κ2) is 5.04. The van der Waals surface area contributed by atoms with Gasteiger partial charge in [-0.1, -0.05) is 0 Å². The Hall–Kier alpha value is -0.810. The summed E-state index contributed by atoms with van der Waals surface area (Å²) in [6.07, 6.45) is 7.18. The Morgan fingerprint density at radius 1 is 1.46 bits per heavy atom. The van der Waals surface area contributed by atoms with Crippen LogP contribution in [-0.4, -0.2) is 30.3 Å². The van der Waals surface area contributed by atoms with Crippen LogP contribution in [0.4, 0.5) is 0 Å². The largest absolute Gasteiger partial charge is 0.298 e. The van der Waals surface area contributed by atoms with Crippen LogP contribution >= 0.6 is 0 Å². The maximum Gasteiger partial charge on any atom is 0.152 e. The smallest absolute Gasteiger partial charge is 0.152 e. The van der Waals surface area contributed by atoms with Crippen LogP contribution < -0.4 is 0 Å². The molecular weight excluding hydrogens is 162 g/mol. The van der Waals surface area contributed by atoms with E-state index in [1.54, 1.807) is 0 Å². The van der Waals surface area contributed by atoms with E-state index in [1.165, 1.54) is 0 Å². The molecule has 0 aromatic heterocycles. The number of hydrogen-bond acceptors (Lipinski definition) is 2. The molecule has 13 heavy (non-hydrogen) atoms. The molecule has 0 aromatic rings. The summed E-state index contributed by atoms with van der Waals surface area (Å²) in [6, 6.07) is 0. The zero-order valence-electron chi connectivity index (χ0n) is 9.05. The molecule has 0 fully saturated rings. The van der Waals surface area contributed by atoms with Crippen molar-refractivity contribution < 1.29 is 4.79 Å². The van der Waals surface area contributed by atoms with E-state index in [0.29, 0.717) is 12.8 Å². The van der Waals surface area contributed by atoms with Crippen molar-refractivity contribution in [2.75, 3.05) is 14.1 Å². The molecule has 0 bridgehead atoms. The highest BCUT2D eigenvalue weighted by molar-refractivity contribution is 5.87. The summed E-state index contributed by atoms with van der Waals surface area (Å²) >= 11 is 0. The third kappa shape index (κ3) is 3.61. The number of likely N-dealkylation sites (N-methyl/N-ethyl adjacent to an activating group) is 1. The van der Waals surface area contributed by atoms with Crippen LogP contribution in [0.15, 0.2) is 0 Å². The maximum atomic E-state index is 11.7. The molecule has 0 unspecified atom stereocenters. The predicted molar refractivity (Wildman–Crippen MR) is 55.5 cm³/mol. The molecule has 0 aliphatic carbocycles. The topological polar surface area (TPSA) is 20.3 Å². The van der Waals surface area contributed by atoms with E-state index in [0.717, 1.165) is 6.42 Å². The Bertz CT molecular complexity index is 211. The van der Waals surface area contributed by atoms with Crippen molar-refractivity contribution in [3.8, 4) is 12.3 Å². The highest BCUT2D eigenvalue weighted by atomic mass is 16.1. The number of hydrogen-bond donors (Lipinski definition) is 0. The lowest BCUT2D eigenvalue weighted by molar-refractivity contribution is -0.128. The summed E-state index contributed by atoms with van der Waals surface area (Å²) in [5, 5.41) is 0. The molecular formula is C11H19NO. The summed E-state index contributed by atoms with van der Waals surface area (Å²) in [4.78, 5) is 13.6. The van der Waals surface area contributed by atoms with Gasteiger partial charge in [-0.3, -0.25) is 9.69 Å². The second-order valence-corrected chi connectivity index (χ2v) is 3.93. The van der Waals surface area contributed by atoms with Crippen LogP contribution in [0, 0.1) is 12.3 Å². The molecule has 0 spiro atoms. The second-order valence-electron chi connectivity index (χ2n) is 3.93. The van der Waals surface area contributed by atoms with E-state index in [2.05, 4.69) is 5.92 Å². The van der Waals surface area contributed by atoms with Crippen LogP contribution in [0.1, 0.15) is 33.1 Å². The third-order valence-corrected chi connectivity index (χ3v) is 2.53. The molecule has 0 saturated heterocycles. The van der Waals surface area contributed by atoms with Gasteiger partial charge in [-0.05, 0) is 34.4 Å². The molecule has 0 aliphatic heterocycles. The van der Waals surface area contributed by atoms with Crippen molar-refractivity contribution in [1.29, 1.82) is 0 Å². The van der Waals surface area contributed by atoms with Crippen molar-refractivity contribution in [2.24, 2.45) is 0 Å². The summed E-state index contributed by atoms with van der Waals surface area (Å²) < 4.78 is 0. The van der Waals surface area contributed by atoms with Crippen LogP contribution in [0.5, 0.6) is 0 Å². The molecule has 0 radical (unpaired) electrons. The fourth-order valence-corrected chi connectivity index (χ4v) is 0.906. The number of unbranched alkanes of at least 4 members (excludes halogenated alkanes) is 1. The normalized spacial score (nSPS) is 11.4. The zero-order chi connectivity index (χ0) is 10.5. The van der Waals surface area contributed by atoms with E-state index in [-0.39, 0.29) is 11.3 Å². The van der Waals surface area contributed by atoms with Crippen molar-refractivity contribution in [1.82, 2.24) is 4.90 Å². The summed E-state index contributed by atoms with van der Waals surface area (Å²) in [6.45, 7) is 3.87. The number of ketones is 1. The lowest BCUT2D eigenvalue weighted by atomic mass is 9.94. The number of Topliss-reactive ketones (excluding diaryl/α,β-unsaturated/α-hetero) is 1.